The summed E-state index contributed by atoms with van der Waals surface area (Å²) in [5.74, 6) is -1.69. The lowest BCUT2D eigenvalue weighted by molar-refractivity contribution is -0.132. The maximum atomic E-state index is 13.9. The maximum Gasteiger partial charge on any atom is 0.262 e. The highest BCUT2D eigenvalue weighted by Gasteiger charge is 2.45. The Bertz CT molecular complexity index is 2720. The lowest BCUT2D eigenvalue weighted by Crippen LogP contribution is -2.62. The third-order valence-electron chi connectivity index (χ3n) is 14.0. The number of benzene rings is 3. The van der Waals surface area contributed by atoms with E-state index in [1.165, 1.54) is 25.6 Å². The summed E-state index contributed by atoms with van der Waals surface area (Å²) in [5.41, 5.74) is 11.3. The molecule has 17 nitrogen and oxygen atoms in total. The second-order valence-electron chi connectivity index (χ2n) is 17.9. The number of likely N-dealkylation sites (tertiary alicyclic amines) is 2. The van der Waals surface area contributed by atoms with Gasteiger partial charge in [0.05, 0.1) is 47.7 Å². The number of carbonyl (C=O) groups is 5. The standard InChI is InChI=1S/C48H52FN11O6/c1-66-41-11-6-31(49)22-38(41)46(63)51-25-29-2-4-30(5-3-29)43-42-44(50)52-28-53-45(42)60(54-43)32-12-14-57(15-13-32)34-26-56(27-34)17-16-55-18-20-58(21-19-55)33-7-9-36-37(23-33)48(65)59(47(36)64)39-10-8-35(61)24-40(39)62/h2-7,9,11,22-23,28,32,34,39H,8,10,12-21,24-27H2,1H3,(H,51,63)(H2,50,52,53)/t39-/m0/s1. The number of ketones is 2. The lowest BCUT2D eigenvalue weighted by Gasteiger charge is -2.48. The fraction of sp³-hybridized carbons (Fsp3) is 0.417. The van der Waals surface area contributed by atoms with Crippen molar-refractivity contribution in [3.63, 3.8) is 0 Å². The topological polar surface area (TPSA) is 192 Å². The number of rotatable bonds is 12. The summed E-state index contributed by atoms with van der Waals surface area (Å²) >= 11 is 0. The van der Waals surface area contributed by atoms with Crippen molar-refractivity contribution in [3.8, 4) is 17.0 Å². The van der Waals surface area contributed by atoms with Crippen LogP contribution in [-0.2, 0) is 16.1 Å². The van der Waals surface area contributed by atoms with Crippen LogP contribution in [0.1, 0.15) is 74.8 Å². The highest BCUT2D eigenvalue weighted by molar-refractivity contribution is 6.24. The molecule has 0 unspecified atom stereocenters. The van der Waals surface area contributed by atoms with Gasteiger partial charge in [-0.05, 0) is 61.2 Å². The summed E-state index contributed by atoms with van der Waals surface area (Å²) in [6.45, 7) is 9.65. The molecule has 66 heavy (non-hydrogen) atoms. The Kier molecular flexibility index (Phi) is 11.8. The summed E-state index contributed by atoms with van der Waals surface area (Å²) < 4.78 is 21.1. The molecule has 0 radical (unpaired) electrons. The minimum absolute atomic E-state index is 0.129. The molecule has 18 heteroatoms. The van der Waals surface area contributed by atoms with Crippen LogP contribution in [0, 0.1) is 5.82 Å². The van der Waals surface area contributed by atoms with Gasteiger partial charge in [-0.2, -0.15) is 5.10 Å². The van der Waals surface area contributed by atoms with Gasteiger partial charge in [-0.1, -0.05) is 24.3 Å². The van der Waals surface area contributed by atoms with Crippen molar-refractivity contribution in [1.82, 2.24) is 44.7 Å². The Hall–Kier alpha value is -6.63. The predicted octanol–water partition coefficient (Wildman–Crippen LogP) is 3.58. The van der Waals surface area contributed by atoms with Crippen molar-refractivity contribution < 1.29 is 33.1 Å². The van der Waals surface area contributed by atoms with Crippen LogP contribution in [-0.4, -0.2) is 153 Å². The molecule has 342 valence electrons. The SMILES string of the molecule is COc1ccc(F)cc1C(=O)NCc1ccc(-c2nn(C3CCN(C4CN(CCN5CCN(c6ccc7c(c6)C(=O)N([C@H]6CCC(=O)CC6=O)C7=O)CC5)C4)CC3)c3ncnc(N)c23)cc1. The van der Waals surface area contributed by atoms with Crippen molar-refractivity contribution in [2.75, 3.05) is 83.2 Å². The van der Waals surface area contributed by atoms with Crippen molar-refractivity contribution in [3.05, 3.63) is 95.1 Å². The highest BCUT2D eigenvalue weighted by Crippen LogP contribution is 2.36. The fourth-order valence-corrected chi connectivity index (χ4v) is 10.2. The van der Waals surface area contributed by atoms with Gasteiger partial charge in [0, 0.05) is 95.7 Å². The molecule has 10 rings (SSSR count). The van der Waals surface area contributed by atoms with E-state index < -0.39 is 29.6 Å². The molecule has 6 heterocycles. The number of carbonyl (C=O) groups excluding carboxylic acids is 5. The number of nitrogen functional groups attached to an aromatic ring is 1. The highest BCUT2D eigenvalue weighted by atomic mass is 19.1. The molecule has 4 aliphatic heterocycles. The molecule has 4 fully saturated rings. The molecule has 1 atom stereocenters. The zero-order chi connectivity index (χ0) is 45.6. The Morgan fingerprint density at radius 3 is 2.32 bits per heavy atom. The Morgan fingerprint density at radius 1 is 0.833 bits per heavy atom. The third-order valence-corrected chi connectivity index (χ3v) is 14.0. The summed E-state index contributed by atoms with van der Waals surface area (Å²) in [6.07, 6.45) is 3.53. The number of ether oxygens (including phenoxy) is 1. The van der Waals surface area contributed by atoms with Crippen LogP contribution in [0.25, 0.3) is 22.3 Å². The average molecular weight is 898 g/mol. The van der Waals surface area contributed by atoms with Crippen LogP contribution in [0.15, 0.2) is 67.0 Å². The van der Waals surface area contributed by atoms with Crippen LogP contribution in [0.5, 0.6) is 5.75 Å². The normalized spacial score (nSPS) is 20.3. The van der Waals surface area contributed by atoms with Gasteiger partial charge in [0.15, 0.2) is 11.4 Å². The van der Waals surface area contributed by atoms with E-state index in [2.05, 4.69) is 34.9 Å². The molecule has 3 N–H and O–H groups in total. The smallest absolute Gasteiger partial charge is 0.262 e. The lowest BCUT2D eigenvalue weighted by atomic mass is 9.92. The number of aromatic nitrogens is 4. The average Bonchev–Trinajstić information content (AvgIpc) is 3.83. The van der Waals surface area contributed by atoms with E-state index in [0.717, 1.165) is 111 Å². The predicted molar refractivity (Wildman–Crippen MR) is 243 cm³/mol. The molecule has 1 saturated carbocycles. The van der Waals surface area contributed by atoms with Gasteiger partial charge in [0.2, 0.25) is 0 Å². The number of piperazine rings is 1. The monoisotopic (exact) mass is 897 g/mol. The van der Waals surface area contributed by atoms with E-state index >= 15 is 0 Å². The van der Waals surface area contributed by atoms with Gasteiger partial charge in [-0.15, -0.1) is 0 Å². The maximum absolute atomic E-state index is 13.9. The van der Waals surface area contributed by atoms with Crippen LogP contribution >= 0.6 is 0 Å². The number of methoxy groups -OCH3 is 1. The largest absolute Gasteiger partial charge is 0.496 e. The van der Waals surface area contributed by atoms with Crippen molar-refractivity contribution in [1.29, 1.82) is 0 Å². The van der Waals surface area contributed by atoms with Gasteiger partial charge in [0.25, 0.3) is 17.7 Å². The fourth-order valence-electron chi connectivity index (χ4n) is 10.2. The minimum atomic E-state index is -0.867. The van der Waals surface area contributed by atoms with Gasteiger partial charge in [0.1, 0.15) is 35.2 Å². The number of piperidine rings is 1. The molecular weight excluding hydrogens is 846 g/mol. The van der Waals surface area contributed by atoms with Gasteiger partial charge < -0.3 is 20.7 Å². The van der Waals surface area contributed by atoms with Crippen molar-refractivity contribution >= 4 is 51.8 Å². The van der Waals surface area contributed by atoms with Crippen LogP contribution in [0.2, 0.25) is 0 Å². The molecule has 3 aromatic carbocycles. The number of nitrogens with zero attached hydrogens (tertiary/aromatic N) is 9. The first-order chi connectivity index (χ1) is 32.0. The van der Waals surface area contributed by atoms with E-state index in [9.17, 15) is 28.4 Å². The number of amides is 3. The third kappa shape index (κ3) is 8.28. The van der Waals surface area contributed by atoms with Gasteiger partial charge in [-0.3, -0.25) is 43.6 Å². The number of hydrogen-bond donors (Lipinski definition) is 2. The van der Waals surface area contributed by atoms with Crippen molar-refractivity contribution in [2.24, 2.45) is 0 Å². The quantitative estimate of drug-likeness (QED) is 0.136. The van der Waals surface area contributed by atoms with E-state index in [1.807, 2.05) is 35.0 Å². The summed E-state index contributed by atoms with van der Waals surface area (Å²) in [7, 11) is 1.44. The molecule has 0 spiro atoms. The Morgan fingerprint density at radius 2 is 1.58 bits per heavy atom. The van der Waals surface area contributed by atoms with Gasteiger partial charge in [-0.25, -0.2) is 19.0 Å². The van der Waals surface area contributed by atoms with E-state index in [-0.39, 0.29) is 49.0 Å². The van der Waals surface area contributed by atoms with Gasteiger partial charge >= 0.3 is 0 Å². The number of imide groups is 1. The number of nitrogens with two attached hydrogens (primary N) is 1. The molecule has 5 aliphatic rings. The first-order valence-electron chi connectivity index (χ1n) is 22.7. The Balaban J connectivity index is 0.684. The second-order valence-corrected chi connectivity index (χ2v) is 17.9. The van der Waals surface area contributed by atoms with Crippen LogP contribution in [0.3, 0.4) is 0 Å². The number of Topliss-reactive ketones (excluding diaryl/α,β-unsaturated/α-hetero) is 2. The first-order valence-corrected chi connectivity index (χ1v) is 22.7. The zero-order valence-electron chi connectivity index (χ0n) is 36.8. The molecule has 5 aromatic rings. The number of anilines is 2. The van der Waals surface area contributed by atoms with Crippen LogP contribution in [0.4, 0.5) is 15.9 Å². The molecule has 0 bridgehead atoms. The number of halogens is 1. The molecule has 1 aliphatic carbocycles. The van der Waals surface area contributed by atoms with E-state index in [4.69, 9.17) is 15.6 Å². The summed E-state index contributed by atoms with van der Waals surface area (Å²) in [4.78, 5) is 83.6. The molecule has 3 saturated heterocycles. The molecule has 3 amide bonds. The first kappa shape index (κ1) is 43.3. The minimum Gasteiger partial charge on any atom is -0.496 e. The van der Waals surface area contributed by atoms with E-state index in [0.29, 0.717) is 40.1 Å². The zero-order valence-corrected chi connectivity index (χ0v) is 36.8. The number of nitrogens with one attached hydrogen (secondary N) is 1. The number of fused-ring (bicyclic) bond motifs is 2. The van der Waals surface area contributed by atoms with E-state index in [1.54, 1.807) is 12.1 Å². The van der Waals surface area contributed by atoms with Crippen LogP contribution < -0.4 is 20.7 Å². The second kappa shape index (κ2) is 18.0. The molecule has 2 aromatic heterocycles. The van der Waals surface area contributed by atoms with Crippen molar-refractivity contribution in [2.45, 2.75) is 56.8 Å². The number of hydrogen-bond acceptors (Lipinski definition) is 14. The summed E-state index contributed by atoms with van der Waals surface area (Å²) in [6, 6.07) is 16.8. The molecular formula is C48H52FN11O6. The summed E-state index contributed by atoms with van der Waals surface area (Å²) in [5, 5.41) is 8.66. The Labute approximate surface area is 380 Å².